The summed E-state index contributed by atoms with van der Waals surface area (Å²) in [7, 11) is 0. The molecular weight excluding hydrogens is 318 g/mol. The van der Waals surface area contributed by atoms with Gasteiger partial charge in [0.2, 0.25) is 10.1 Å². The van der Waals surface area contributed by atoms with Gasteiger partial charge in [0.15, 0.2) is 0 Å². The van der Waals surface area contributed by atoms with Gasteiger partial charge in [-0.2, -0.15) is 13.2 Å². The van der Waals surface area contributed by atoms with Crippen molar-refractivity contribution in [2.45, 2.75) is 31.5 Å². The summed E-state index contributed by atoms with van der Waals surface area (Å²) in [6.07, 6.45) is -3.68. The van der Waals surface area contributed by atoms with E-state index in [0.29, 0.717) is 17.9 Å². The van der Waals surface area contributed by atoms with Crippen molar-refractivity contribution in [2.24, 2.45) is 0 Å². The van der Waals surface area contributed by atoms with E-state index in [1.54, 1.807) is 12.1 Å². The molecule has 1 fully saturated rings. The number of rotatable bonds is 2. The number of alkyl halides is 3. The first-order chi connectivity index (χ1) is 10.3. The summed E-state index contributed by atoms with van der Waals surface area (Å²) in [5.74, 6) is -0.153. The van der Waals surface area contributed by atoms with E-state index in [2.05, 4.69) is 10.2 Å². The summed E-state index contributed by atoms with van der Waals surface area (Å²) in [5, 5.41) is 6.25. The molecule has 2 atom stereocenters. The van der Waals surface area contributed by atoms with Crippen LogP contribution in [0.25, 0.3) is 0 Å². The predicted molar refractivity (Wildman–Crippen MR) is 75.5 cm³/mol. The highest BCUT2D eigenvalue weighted by Gasteiger charge is 2.38. The van der Waals surface area contributed by atoms with E-state index >= 15 is 0 Å². The summed E-state index contributed by atoms with van der Waals surface area (Å²) in [6.45, 7) is 2.50. The van der Waals surface area contributed by atoms with Gasteiger partial charge in [-0.25, -0.2) is 4.39 Å². The molecule has 0 bridgehead atoms. The minimum Gasteiger partial charge on any atom is -0.343 e. The van der Waals surface area contributed by atoms with Crippen molar-refractivity contribution in [3.05, 3.63) is 40.7 Å². The fourth-order valence-electron chi connectivity index (χ4n) is 2.72. The van der Waals surface area contributed by atoms with Crippen LogP contribution in [0.4, 0.5) is 22.7 Å². The molecular formula is C14H13F4N3S. The van der Waals surface area contributed by atoms with Gasteiger partial charge in [-0.05, 0) is 31.0 Å². The van der Waals surface area contributed by atoms with Crippen LogP contribution in [0.5, 0.6) is 0 Å². The van der Waals surface area contributed by atoms with Crippen LogP contribution in [0.15, 0.2) is 24.3 Å². The highest BCUT2D eigenvalue weighted by atomic mass is 32.1. The lowest BCUT2D eigenvalue weighted by Crippen LogP contribution is -2.26. The molecule has 2 heterocycles. The molecule has 2 unspecified atom stereocenters. The Labute approximate surface area is 128 Å². The molecule has 8 heteroatoms. The van der Waals surface area contributed by atoms with Crippen LogP contribution in [0.3, 0.4) is 0 Å². The van der Waals surface area contributed by atoms with Crippen LogP contribution in [0.2, 0.25) is 0 Å². The Morgan fingerprint density at radius 3 is 2.45 bits per heavy atom. The number of aromatic nitrogens is 2. The Balaban J connectivity index is 1.78. The third-order valence-electron chi connectivity index (χ3n) is 3.82. The number of anilines is 1. The SMILES string of the molecule is CC1CC(c2ccc(F)cc2)CN1c1nnc(C(F)(F)F)s1. The van der Waals surface area contributed by atoms with E-state index in [4.69, 9.17) is 0 Å². The molecule has 1 aromatic carbocycles. The minimum absolute atomic E-state index is 0.0593. The normalized spacial score (nSPS) is 22.3. The number of halogens is 4. The zero-order valence-electron chi connectivity index (χ0n) is 11.6. The molecule has 22 heavy (non-hydrogen) atoms. The Bertz CT molecular complexity index is 653. The topological polar surface area (TPSA) is 29.0 Å². The van der Waals surface area contributed by atoms with E-state index in [-0.39, 0.29) is 22.9 Å². The predicted octanol–water partition coefficient (Wildman–Crippen LogP) is 4.08. The highest BCUT2D eigenvalue weighted by Crippen LogP contribution is 2.39. The minimum atomic E-state index is -4.46. The van der Waals surface area contributed by atoms with Crippen LogP contribution in [0, 0.1) is 5.82 Å². The summed E-state index contributed by atoms with van der Waals surface area (Å²) >= 11 is 0.559. The number of hydrogen-bond donors (Lipinski definition) is 0. The highest BCUT2D eigenvalue weighted by molar-refractivity contribution is 7.15. The molecule has 0 saturated carbocycles. The third-order valence-corrected chi connectivity index (χ3v) is 4.82. The van der Waals surface area contributed by atoms with Crippen LogP contribution in [-0.4, -0.2) is 22.8 Å². The molecule has 118 valence electrons. The lowest BCUT2D eigenvalue weighted by molar-refractivity contribution is -0.138. The first-order valence-corrected chi connectivity index (χ1v) is 7.59. The van der Waals surface area contributed by atoms with Crippen molar-refractivity contribution in [1.82, 2.24) is 10.2 Å². The molecule has 2 aromatic rings. The van der Waals surface area contributed by atoms with Crippen molar-refractivity contribution in [2.75, 3.05) is 11.4 Å². The second-order valence-electron chi connectivity index (χ2n) is 5.37. The van der Waals surface area contributed by atoms with Crippen molar-refractivity contribution in [3.63, 3.8) is 0 Å². The molecule has 0 spiro atoms. The molecule has 0 aliphatic carbocycles. The van der Waals surface area contributed by atoms with Gasteiger partial charge in [0.05, 0.1) is 0 Å². The third kappa shape index (κ3) is 2.92. The van der Waals surface area contributed by atoms with Crippen molar-refractivity contribution in [3.8, 4) is 0 Å². The van der Waals surface area contributed by atoms with E-state index in [1.807, 2.05) is 11.8 Å². The Morgan fingerprint density at radius 1 is 1.18 bits per heavy atom. The van der Waals surface area contributed by atoms with Gasteiger partial charge in [0.25, 0.3) is 0 Å². The fourth-order valence-corrected chi connectivity index (χ4v) is 3.54. The Morgan fingerprint density at radius 2 is 1.86 bits per heavy atom. The van der Waals surface area contributed by atoms with Gasteiger partial charge in [-0.1, -0.05) is 23.5 Å². The lowest BCUT2D eigenvalue weighted by atomic mass is 9.97. The average Bonchev–Trinajstić information content (AvgIpc) is 3.05. The van der Waals surface area contributed by atoms with Crippen molar-refractivity contribution < 1.29 is 17.6 Å². The molecule has 1 aliphatic rings. The number of hydrogen-bond acceptors (Lipinski definition) is 4. The van der Waals surface area contributed by atoms with Gasteiger partial charge >= 0.3 is 6.18 Å². The van der Waals surface area contributed by atoms with E-state index in [9.17, 15) is 17.6 Å². The van der Waals surface area contributed by atoms with Gasteiger partial charge in [0.1, 0.15) is 5.82 Å². The second-order valence-corrected chi connectivity index (χ2v) is 6.33. The number of nitrogens with zero attached hydrogens (tertiary/aromatic N) is 3. The molecule has 0 N–H and O–H groups in total. The summed E-state index contributed by atoms with van der Waals surface area (Å²) in [4.78, 5) is 1.83. The maximum absolute atomic E-state index is 13.0. The maximum Gasteiger partial charge on any atom is 0.445 e. The summed E-state index contributed by atoms with van der Waals surface area (Å²) in [5.41, 5.74) is 0.983. The summed E-state index contributed by atoms with van der Waals surface area (Å²) in [6, 6.07) is 6.30. The van der Waals surface area contributed by atoms with Crippen molar-refractivity contribution in [1.29, 1.82) is 0 Å². The molecule has 0 radical (unpaired) electrons. The van der Waals surface area contributed by atoms with Crippen LogP contribution >= 0.6 is 11.3 Å². The maximum atomic E-state index is 13.0. The zero-order valence-corrected chi connectivity index (χ0v) is 12.5. The standard InChI is InChI=1S/C14H13F4N3S/c1-8-6-10(9-2-4-11(15)5-3-9)7-21(8)13-20-19-12(22-13)14(16,17)18/h2-5,8,10H,6-7H2,1H3. The second kappa shape index (κ2) is 5.49. The average molecular weight is 331 g/mol. The smallest absolute Gasteiger partial charge is 0.343 e. The molecule has 1 aliphatic heterocycles. The van der Waals surface area contributed by atoms with Crippen LogP contribution < -0.4 is 4.90 Å². The van der Waals surface area contributed by atoms with Gasteiger partial charge in [-0.15, -0.1) is 10.2 Å². The Kier molecular flexibility index (Phi) is 3.80. The van der Waals surface area contributed by atoms with E-state index in [0.717, 1.165) is 12.0 Å². The first-order valence-electron chi connectivity index (χ1n) is 6.77. The van der Waals surface area contributed by atoms with Gasteiger partial charge in [0, 0.05) is 18.5 Å². The fraction of sp³-hybridized carbons (Fsp3) is 0.429. The molecule has 3 nitrogen and oxygen atoms in total. The lowest BCUT2D eigenvalue weighted by Gasteiger charge is -2.19. The molecule has 3 rings (SSSR count). The van der Waals surface area contributed by atoms with Crippen LogP contribution in [0.1, 0.15) is 29.8 Å². The number of benzene rings is 1. The summed E-state index contributed by atoms with van der Waals surface area (Å²) < 4.78 is 50.8. The monoisotopic (exact) mass is 331 g/mol. The Hall–Kier alpha value is -1.70. The van der Waals surface area contributed by atoms with E-state index in [1.165, 1.54) is 12.1 Å². The van der Waals surface area contributed by atoms with Gasteiger partial charge < -0.3 is 4.90 Å². The first kappa shape index (κ1) is 15.2. The molecule has 0 amide bonds. The molecule has 1 saturated heterocycles. The van der Waals surface area contributed by atoms with Gasteiger partial charge in [-0.3, -0.25) is 0 Å². The zero-order chi connectivity index (χ0) is 15.9. The van der Waals surface area contributed by atoms with Crippen molar-refractivity contribution >= 4 is 16.5 Å². The molecule has 1 aromatic heterocycles. The van der Waals surface area contributed by atoms with Crippen LogP contribution in [-0.2, 0) is 6.18 Å². The largest absolute Gasteiger partial charge is 0.445 e. The quantitative estimate of drug-likeness (QED) is 0.777. The van der Waals surface area contributed by atoms with E-state index < -0.39 is 11.2 Å².